The monoisotopic (exact) mass is 551 g/mol. The number of hydrogen-bond acceptors (Lipinski definition) is 9. The number of benzene rings is 1. The number of carbonyl (C=O) groups excluding carboxylic acids is 1. The maximum Gasteiger partial charge on any atom is 0.380 e. The third-order valence-corrected chi connectivity index (χ3v) is 7.92. The maximum absolute atomic E-state index is 13.8. The van der Waals surface area contributed by atoms with Crippen LogP contribution in [0.1, 0.15) is 32.6 Å². The average molecular weight is 552 g/mol. The van der Waals surface area contributed by atoms with E-state index in [1.165, 1.54) is 10.8 Å². The third kappa shape index (κ3) is 7.15. The van der Waals surface area contributed by atoms with Crippen molar-refractivity contribution in [2.45, 2.75) is 58.3 Å². The number of H-pyrrole nitrogens is 1. The number of para-hydroxylation sites is 1. The largest absolute Gasteiger partial charge is 0.463 e. The molecule has 2 N–H and O–H groups in total. The summed E-state index contributed by atoms with van der Waals surface area (Å²) < 4.78 is 37.7. The van der Waals surface area contributed by atoms with Gasteiger partial charge in [0, 0.05) is 11.8 Å². The van der Waals surface area contributed by atoms with Gasteiger partial charge in [0.05, 0.1) is 24.8 Å². The molecule has 2 aromatic rings. The highest BCUT2D eigenvalue weighted by Crippen LogP contribution is 2.50. The molecule has 1 unspecified atom stereocenters. The predicted octanol–water partition coefficient (Wildman–Crippen LogP) is 3.64. The van der Waals surface area contributed by atoms with E-state index in [1.54, 1.807) is 58.0 Å². The molecule has 11 nitrogen and oxygen atoms in total. The summed E-state index contributed by atoms with van der Waals surface area (Å²) >= 11 is 5.22. The number of esters is 1. The summed E-state index contributed by atoms with van der Waals surface area (Å²) in [6.07, 6.45) is -2.58. The lowest BCUT2D eigenvalue weighted by Gasteiger charge is -2.24. The summed E-state index contributed by atoms with van der Waals surface area (Å²) in [5.74, 6) is -1.09. The van der Waals surface area contributed by atoms with Gasteiger partial charge in [0.1, 0.15) is 11.9 Å². The molecule has 3 rings (SSSR count). The highest BCUT2D eigenvalue weighted by molar-refractivity contribution is 7.71. The zero-order valence-electron chi connectivity index (χ0n) is 20.9. The second-order valence-corrected chi connectivity index (χ2v) is 11.4. The highest BCUT2D eigenvalue weighted by Gasteiger charge is 2.51. The second-order valence-electron chi connectivity index (χ2n) is 9.03. The molecule has 0 amide bonds. The van der Waals surface area contributed by atoms with Crippen LogP contribution >= 0.6 is 19.8 Å². The lowest BCUT2D eigenvalue weighted by Crippen LogP contribution is -2.32. The summed E-state index contributed by atoms with van der Waals surface area (Å²) in [6.45, 7) is 13.7. The normalized spacial score (nSPS) is 23.7. The molecule has 2 heterocycles. The number of aliphatic hydroxyl groups excluding tert-OH is 1. The Hall–Kier alpha value is -2.81. The van der Waals surface area contributed by atoms with Crippen LogP contribution in [-0.2, 0) is 23.4 Å². The molecular weight excluding hydrogens is 521 g/mol. The van der Waals surface area contributed by atoms with Gasteiger partial charge >= 0.3 is 13.6 Å². The fourth-order valence-corrected chi connectivity index (χ4v) is 5.83. The van der Waals surface area contributed by atoms with E-state index in [2.05, 4.69) is 9.83 Å². The van der Waals surface area contributed by atoms with Crippen LogP contribution in [0.25, 0.3) is 4.85 Å². The molecule has 1 aliphatic heterocycles. The molecule has 1 aliphatic rings. The van der Waals surface area contributed by atoms with E-state index >= 15 is 0 Å². The lowest BCUT2D eigenvalue weighted by atomic mass is 10.1. The standard InChI is InChI=1S/C24H30N3O8PS/c1-14(2)33-23(30)16(4)13-36(31,35-17-9-7-6-8-10-17)32-12-18-20(28)19(25-5)22(34-18)27-11-15(3)21(29)26-24(27)37/h6-11,14,16,18-20,22,28H,12-13H2,1-4H3,(H,26,29,37)/t16-,18+,19-,20?,22+,36-/m1/s1. The Morgan fingerprint density at radius 2 is 2.00 bits per heavy atom. The fourth-order valence-electron chi connectivity index (χ4n) is 3.72. The number of ether oxygens (including phenoxy) is 2. The van der Waals surface area contributed by atoms with E-state index in [0.29, 0.717) is 5.56 Å². The molecular formula is C24H30N3O8PS. The number of aromatic nitrogens is 2. The highest BCUT2D eigenvalue weighted by atomic mass is 32.1. The van der Waals surface area contributed by atoms with Gasteiger partial charge in [-0.3, -0.25) is 23.7 Å². The molecule has 37 heavy (non-hydrogen) atoms. The molecule has 0 saturated carbocycles. The minimum atomic E-state index is -3.96. The zero-order chi connectivity index (χ0) is 27.3. The lowest BCUT2D eigenvalue weighted by molar-refractivity contribution is -0.151. The first kappa shape index (κ1) is 28.8. The number of aromatic amines is 1. The molecule has 0 radical (unpaired) electrons. The van der Waals surface area contributed by atoms with Crippen molar-refractivity contribution in [3.05, 3.63) is 68.6 Å². The van der Waals surface area contributed by atoms with Crippen molar-refractivity contribution in [3.63, 3.8) is 0 Å². The van der Waals surface area contributed by atoms with E-state index in [1.807, 2.05) is 0 Å². The van der Waals surface area contributed by atoms with Crippen LogP contribution in [-0.4, -0.2) is 57.7 Å². The Morgan fingerprint density at radius 3 is 2.62 bits per heavy atom. The number of nitrogens with zero attached hydrogens (tertiary/aromatic N) is 2. The van der Waals surface area contributed by atoms with Gasteiger partial charge in [-0.1, -0.05) is 25.1 Å². The smallest absolute Gasteiger partial charge is 0.380 e. The average Bonchev–Trinajstić information content (AvgIpc) is 3.15. The third-order valence-electron chi connectivity index (χ3n) is 5.58. The van der Waals surface area contributed by atoms with Gasteiger partial charge in [0.25, 0.3) is 11.6 Å². The van der Waals surface area contributed by atoms with Crippen LogP contribution in [0.3, 0.4) is 0 Å². The quantitative estimate of drug-likeness (QED) is 0.196. The summed E-state index contributed by atoms with van der Waals surface area (Å²) in [6, 6.07) is 7.28. The van der Waals surface area contributed by atoms with Crippen LogP contribution in [0.5, 0.6) is 5.75 Å². The van der Waals surface area contributed by atoms with Crippen LogP contribution in [0, 0.1) is 24.2 Å². The molecule has 13 heteroatoms. The van der Waals surface area contributed by atoms with Crippen molar-refractivity contribution >= 4 is 25.8 Å². The Morgan fingerprint density at radius 1 is 1.32 bits per heavy atom. The van der Waals surface area contributed by atoms with Gasteiger partial charge in [0.2, 0.25) is 6.23 Å². The Kier molecular flexibility index (Phi) is 9.45. The summed E-state index contributed by atoms with van der Waals surface area (Å²) in [4.78, 5) is 30.2. The molecule has 1 aromatic carbocycles. The van der Waals surface area contributed by atoms with Crippen molar-refractivity contribution in [2.75, 3.05) is 12.8 Å². The first-order chi connectivity index (χ1) is 17.4. The van der Waals surface area contributed by atoms with E-state index in [-0.39, 0.29) is 28.3 Å². The molecule has 0 bridgehead atoms. The molecule has 1 saturated heterocycles. The van der Waals surface area contributed by atoms with Gasteiger partial charge < -0.3 is 23.9 Å². The van der Waals surface area contributed by atoms with Crippen molar-refractivity contribution < 1.29 is 33.0 Å². The van der Waals surface area contributed by atoms with Crippen molar-refractivity contribution in [1.29, 1.82) is 0 Å². The zero-order valence-corrected chi connectivity index (χ0v) is 22.6. The van der Waals surface area contributed by atoms with Crippen LogP contribution < -0.4 is 10.1 Å². The number of aliphatic hydroxyl groups is 1. The molecule has 0 spiro atoms. The minimum absolute atomic E-state index is 0.0265. The van der Waals surface area contributed by atoms with Crippen molar-refractivity contribution in [2.24, 2.45) is 5.92 Å². The predicted molar refractivity (Wildman–Crippen MR) is 137 cm³/mol. The topological polar surface area (TPSA) is 133 Å². The number of hydrogen-bond donors (Lipinski definition) is 2. The number of nitrogens with one attached hydrogen (secondary N) is 1. The van der Waals surface area contributed by atoms with Gasteiger partial charge in [-0.2, -0.15) is 0 Å². The molecule has 1 fully saturated rings. The maximum atomic E-state index is 13.8. The first-order valence-electron chi connectivity index (χ1n) is 11.6. The van der Waals surface area contributed by atoms with Gasteiger partial charge in [-0.05, 0) is 45.1 Å². The summed E-state index contributed by atoms with van der Waals surface area (Å²) in [7, 11) is -3.96. The van der Waals surface area contributed by atoms with E-state index < -0.39 is 50.6 Å². The molecule has 200 valence electrons. The van der Waals surface area contributed by atoms with Crippen molar-refractivity contribution in [1.82, 2.24) is 9.55 Å². The Labute approximate surface area is 219 Å². The van der Waals surface area contributed by atoms with Gasteiger partial charge in [-0.25, -0.2) is 11.1 Å². The van der Waals surface area contributed by atoms with E-state index in [0.717, 1.165) is 0 Å². The number of aryl methyl sites for hydroxylation is 1. The molecule has 1 aromatic heterocycles. The van der Waals surface area contributed by atoms with Crippen molar-refractivity contribution in [3.8, 4) is 5.75 Å². The molecule has 6 atom stereocenters. The summed E-state index contributed by atoms with van der Waals surface area (Å²) in [5, 5.41) is 10.8. The van der Waals surface area contributed by atoms with Crippen LogP contribution in [0.2, 0.25) is 0 Å². The van der Waals surface area contributed by atoms with E-state index in [9.17, 15) is 19.3 Å². The first-order valence-corrected chi connectivity index (χ1v) is 13.8. The van der Waals surface area contributed by atoms with Crippen LogP contribution in [0.15, 0.2) is 41.3 Å². The fraction of sp³-hybridized carbons (Fsp3) is 0.500. The second kappa shape index (κ2) is 12.2. The number of carbonyl (C=O) groups is 1. The van der Waals surface area contributed by atoms with Gasteiger partial charge in [0.15, 0.2) is 10.9 Å². The molecule has 0 aliphatic carbocycles. The van der Waals surface area contributed by atoms with E-state index in [4.69, 9.17) is 37.3 Å². The van der Waals surface area contributed by atoms with Crippen LogP contribution in [0.4, 0.5) is 0 Å². The Balaban J connectivity index is 1.81. The number of rotatable bonds is 10. The minimum Gasteiger partial charge on any atom is -0.463 e. The Bertz CT molecular complexity index is 1310. The van der Waals surface area contributed by atoms with Gasteiger partial charge in [-0.15, -0.1) is 0 Å². The summed E-state index contributed by atoms with van der Waals surface area (Å²) in [5.41, 5.74) is -0.0266. The SMILES string of the molecule is [C-]#[N+][C@@H]1C(O)[C@H](CO[P@](=O)(C[C@@H](C)C(=O)OC(C)C)Oc2ccccc2)O[C@@H]1n1cc(C)c(=O)[nH]c1=S.